The first kappa shape index (κ1) is 38.1. The topological polar surface area (TPSA) is 158 Å². The standard InChI is InChI=1S/C35H39F2N3O4.C4H4O4/c1-3-5-31-29(35(42)43)18-28-32(38-31)12-15-40(34(28)41)24-10-13-39(14-11-24)20-22-16-26(21-6-7-21)27(19-33(22)44-4-2)25-9-8-23(36)17-30(25)37;5-3(6)1-2-4(7)8/h8-9,16-19,21,24H,3-7,10-15,20H2,1-2H3,(H,42,43);1-2H,(H,5,6)(H,7,8)/b;2-1-. The molecule has 11 nitrogen and oxygen atoms in total. The van der Waals surface area contributed by atoms with Crippen LogP contribution in [0.3, 0.4) is 0 Å². The number of carbonyl (C=O) groups excluding carboxylic acids is 1. The van der Waals surface area contributed by atoms with Crippen molar-refractivity contribution in [2.24, 2.45) is 0 Å². The molecule has 1 saturated heterocycles. The van der Waals surface area contributed by atoms with Gasteiger partial charge < -0.3 is 25.0 Å². The molecule has 0 spiro atoms. The zero-order valence-corrected chi connectivity index (χ0v) is 29.2. The number of aliphatic carboxylic acids is 2. The van der Waals surface area contributed by atoms with Crippen LogP contribution in [0.25, 0.3) is 11.1 Å². The summed E-state index contributed by atoms with van der Waals surface area (Å²) in [6.45, 7) is 7.25. The SMILES string of the molecule is CCCc1nc2c(cc1C(=O)O)C(=O)N(C1CCN(Cc3cc(C4CC4)c(-c4ccc(F)cc4F)cc3OCC)CC1)CC2.O=C(O)/C=C\C(=O)O. The van der Waals surface area contributed by atoms with Crippen molar-refractivity contribution in [1.82, 2.24) is 14.8 Å². The number of hydrogen-bond donors (Lipinski definition) is 3. The number of carboxylic acids is 3. The third-order valence-corrected chi connectivity index (χ3v) is 9.51. The van der Waals surface area contributed by atoms with Gasteiger partial charge in [-0.15, -0.1) is 0 Å². The number of fused-ring (bicyclic) bond motifs is 1. The maximum absolute atomic E-state index is 14.8. The Hall–Kier alpha value is -5.17. The normalized spacial score (nSPS) is 16.3. The maximum Gasteiger partial charge on any atom is 0.337 e. The number of aromatic carboxylic acids is 1. The van der Waals surface area contributed by atoms with Gasteiger partial charge >= 0.3 is 17.9 Å². The molecule has 13 heteroatoms. The number of carbonyl (C=O) groups is 4. The van der Waals surface area contributed by atoms with E-state index >= 15 is 0 Å². The molecule has 52 heavy (non-hydrogen) atoms. The fourth-order valence-corrected chi connectivity index (χ4v) is 6.92. The molecule has 2 fully saturated rings. The zero-order valence-electron chi connectivity index (χ0n) is 29.2. The van der Waals surface area contributed by atoms with Crippen LogP contribution in [0.2, 0.25) is 0 Å². The number of pyridine rings is 1. The van der Waals surface area contributed by atoms with Crippen molar-refractivity contribution in [3.8, 4) is 16.9 Å². The third kappa shape index (κ3) is 9.19. The highest BCUT2D eigenvalue weighted by Gasteiger charge is 2.35. The number of ether oxygens (including phenoxy) is 1. The molecule has 0 radical (unpaired) electrons. The van der Waals surface area contributed by atoms with E-state index in [0.29, 0.717) is 78.9 Å². The number of likely N-dealkylation sites (tertiary alicyclic amines) is 1. The van der Waals surface area contributed by atoms with Gasteiger partial charge in [0.25, 0.3) is 5.91 Å². The fourth-order valence-electron chi connectivity index (χ4n) is 6.92. The lowest BCUT2D eigenvalue weighted by Gasteiger charge is -2.40. The Kier molecular flexibility index (Phi) is 12.4. The molecule has 0 atom stereocenters. The lowest BCUT2D eigenvalue weighted by molar-refractivity contribution is -0.134. The van der Waals surface area contributed by atoms with Gasteiger partial charge in [-0.1, -0.05) is 13.3 Å². The minimum absolute atomic E-state index is 0.0766. The van der Waals surface area contributed by atoms with Crippen LogP contribution in [0.5, 0.6) is 5.75 Å². The van der Waals surface area contributed by atoms with Crippen molar-refractivity contribution < 1.29 is 48.0 Å². The Morgan fingerprint density at radius 2 is 1.60 bits per heavy atom. The van der Waals surface area contributed by atoms with Crippen LogP contribution in [-0.2, 0) is 29.0 Å². The summed E-state index contributed by atoms with van der Waals surface area (Å²) in [5, 5.41) is 25.4. The smallest absolute Gasteiger partial charge is 0.337 e. The number of piperidine rings is 1. The van der Waals surface area contributed by atoms with E-state index in [1.807, 2.05) is 24.8 Å². The average molecular weight is 720 g/mol. The first-order valence-corrected chi connectivity index (χ1v) is 17.6. The van der Waals surface area contributed by atoms with Gasteiger partial charge in [0.1, 0.15) is 17.4 Å². The summed E-state index contributed by atoms with van der Waals surface area (Å²) in [6.07, 6.45) is 6.82. The minimum Gasteiger partial charge on any atom is -0.494 e. The van der Waals surface area contributed by atoms with Gasteiger partial charge in [-0.3, -0.25) is 14.7 Å². The molecule has 2 aliphatic heterocycles. The average Bonchev–Trinajstić information content (AvgIpc) is 3.95. The number of benzene rings is 2. The molecule has 6 rings (SSSR count). The summed E-state index contributed by atoms with van der Waals surface area (Å²) in [4.78, 5) is 53.5. The molecule has 1 aliphatic carbocycles. The van der Waals surface area contributed by atoms with Gasteiger partial charge in [0.15, 0.2) is 0 Å². The van der Waals surface area contributed by atoms with Crippen LogP contribution in [-0.4, -0.2) is 86.2 Å². The molecule has 1 saturated carbocycles. The van der Waals surface area contributed by atoms with Gasteiger partial charge in [-0.2, -0.15) is 0 Å². The van der Waals surface area contributed by atoms with Crippen molar-refractivity contribution >= 4 is 23.8 Å². The van der Waals surface area contributed by atoms with Crippen LogP contribution >= 0.6 is 0 Å². The number of carboxylic acid groups (broad SMARTS) is 3. The highest BCUT2D eigenvalue weighted by molar-refractivity contribution is 5.99. The molecule has 1 amide bonds. The van der Waals surface area contributed by atoms with Crippen LogP contribution in [0.15, 0.2) is 48.6 Å². The highest BCUT2D eigenvalue weighted by Crippen LogP contribution is 2.47. The Morgan fingerprint density at radius 3 is 2.17 bits per heavy atom. The number of amides is 1. The number of halogens is 2. The predicted molar refractivity (Wildman–Crippen MR) is 188 cm³/mol. The van der Waals surface area contributed by atoms with E-state index < -0.39 is 29.5 Å². The molecule has 2 aromatic carbocycles. The summed E-state index contributed by atoms with van der Waals surface area (Å²) in [5.74, 6) is -3.78. The second-order valence-electron chi connectivity index (χ2n) is 13.2. The van der Waals surface area contributed by atoms with Crippen molar-refractivity contribution in [1.29, 1.82) is 0 Å². The van der Waals surface area contributed by atoms with E-state index in [0.717, 1.165) is 68.0 Å². The van der Waals surface area contributed by atoms with Crippen molar-refractivity contribution in [2.75, 3.05) is 26.2 Å². The number of aromatic nitrogens is 1. The van der Waals surface area contributed by atoms with E-state index in [1.54, 1.807) is 0 Å². The number of hydrogen-bond acceptors (Lipinski definition) is 7. The first-order valence-electron chi connectivity index (χ1n) is 17.6. The van der Waals surface area contributed by atoms with E-state index in [2.05, 4.69) is 16.0 Å². The number of nitrogens with zero attached hydrogens (tertiary/aromatic N) is 3. The van der Waals surface area contributed by atoms with E-state index in [9.17, 15) is 33.1 Å². The number of rotatable bonds is 12. The predicted octanol–water partition coefficient (Wildman–Crippen LogP) is 6.33. The largest absolute Gasteiger partial charge is 0.494 e. The lowest BCUT2D eigenvalue weighted by atomic mass is 9.92. The Balaban J connectivity index is 0.000000587. The molecular formula is C39H43F2N3O8. The van der Waals surface area contributed by atoms with Crippen molar-refractivity contribution in [2.45, 2.75) is 77.3 Å². The highest BCUT2D eigenvalue weighted by atomic mass is 19.1. The van der Waals surface area contributed by atoms with Gasteiger partial charge in [0.2, 0.25) is 0 Å². The van der Waals surface area contributed by atoms with Crippen LogP contribution in [0.1, 0.15) is 95.1 Å². The molecule has 276 valence electrons. The fraction of sp³-hybridized carbons (Fsp3) is 0.410. The molecule has 0 unspecified atom stereocenters. The van der Waals surface area contributed by atoms with E-state index in [1.165, 1.54) is 18.2 Å². The Morgan fingerprint density at radius 1 is 0.904 bits per heavy atom. The molecular weight excluding hydrogens is 676 g/mol. The summed E-state index contributed by atoms with van der Waals surface area (Å²) >= 11 is 0. The molecule has 1 aromatic heterocycles. The van der Waals surface area contributed by atoms with Crippen molar-refractivity contribution in [3.63, 3.8) is 0 Å². The lowest BCUT2D eigenvalue weighted by Crippen LogP contribution is -2.50. The van der Waals surface area contributed by atoms with Crippen molar-refractivity contribution in [3.05, 3.63) is 93.8 Å². The van der Waals surface area contributed by atoms with Gasteiger partial charge in [0.05, 0.1) is 29.1 Å². The zero-order chi connectivity index (χ0) is 37.5. The van der Waals surface area contributed by atoms with Gasteiger partial charge in [-0.05, 0) is 86.4 Å². The molecule has 3 N–H and O–H groups in total. The molecule has 3 aromatic rings. The summed E-state index contributed by atoms with van der Waals surface area (Å²) < 4.78 is 34.6. The van der Waals surface area contributed by atoms with E-state index in [-0.39, 0.29) is 17.5 Å². The summed E-state index contributed by atoms with van der Waals surface area (Å²) in [6, 6.07) is 9.42. The van der Waals surface area contributed by atoms with Crippen LogP contribution in [0, 0.1) is 11.6 Å². The Labute approximate surface area is 300 Å². The third-order valence-electron chi connectivity index (χ3n) is 9.51. The monoisotopic (exact) mass is 719 g/mol. The van der Waals surface area contributed by atoms with Crippen LogP contribution < -0.4 is 4.74 Å². The quantitative estimate of drug-likeness (QED) is 0.181. The van der Waals surface area contributed by atoms with E-state index in [4.69, 9.17) is 14.9 Å². The van der Waals surface area contributed by atoms with Gasteiger partial charge in [0, 0.05) is 68.0 Å². The second-order valence-corrected chi connectivity index (χ2v) is 13.2. The molecule has 3 aliphatic rings. The summed E-state index contributed by atoms with van der Waals surface area (Å²) in [5.41, 5.74) is 5.09. The second kappa shape index (κ2) is 16.9. The minimum atomic E-state index is -1.26. The number of aryl methyl sites for hydroxylation is 1. The molecule has 3 heterocycles. The van der Waals surface area contributed by atoms with Crippen LogP contribution in [0.4, 0.5) is 8.78 Å². The molecule has 0 bridgehead atoms. The Bertz CT molecular complexity index is 1850. The van der Waals surface area contributed by atoms with Gasteiger partial charge in [-0.25, -0.2) is 23.2 Å². The summed E-state index contributed by atoms with van der Waals surface area (Å²) in [7, 11) is 0. The maximum atomic E-state index is 14.8. The first-order chi connectivity index (χ1) is 24.9.